The zero-order valence-electron chi connectivity index (χ0n) is 12.3. The molecule has 0 spiro atoms. The van der Waals surface area contributed by atoms with Gasteiger partial charge < -0.3 is 5.73 Å². The predicted octanol–water partition coefficient (Wildman–Crippen LogP) is 2.52. The Labute approximate surface area is 125 Å². The van der Waals surface area contributed by atoms with Crippen LogP contribution in [0.2, 0.25) is 0 Å². The van der Waals surface area contributed by atoms with Gasteiger partial charge in [0, 0.05) is 11.7 Å². The molecule has 1 atom stereocenters. The molecule has 5 nitrogen and oxygen atoms in total. The number of pyridine rings is 1. The first-order valence-corrected chi connectivity index (χ1v) is 8.10. The first-order valence-electron chi connectivity index (χ1n) is 6.61. The molecule has 0 amide bonds. The van der Waals surface area contributed by atoms with Crippen LogP contribution >= 0.6 is 0 Å². The maximum Gasteiger partial charge on any atom is 0.263 e. The van der Waals surface area contributed by atoms with Gasteiger partial charge in [-0.3, -0.25) is 4.72 Å². The summed E-state index contributed by atoms with van der Waals surface area (Å²) < 4.78 is 27.3. The largest absolute Gasteiger partial charge is 0.324 e. The average molecular weight is 305 g/mol. The van der Waals surface area contributed by atoms with E-state index in [0.717, 1.165) is 16.8 Å². The summed E-state index contributed by atoms with van der Waals surface area (Å²) in [5.74, 6) is 0.318. The van der Waals surface area contributed by atoms with Crippen molar-refractivity contribution in [2.75, 3.05) is 4.72 Å². The van der Waals surface area contributed by atoms with E-state index in [0.29, 0.717) is 5.82 Å². The highest BCUT2D eigenvalue weighted by atomic mass is 32.2. The molecular formula is C15H19N3O2S. The van der Waals surface area contributed by atoms with Gasteiger partial charge in [-0.1, -0.05) is 12.1 Å². The van der Waals surface area contributed by atoms with E-state index in [1.54, 1.807) is 24.3 Å². The van der Waals surface area contributed by atoms with Crippen molar-refractivity contribution in [2.24, 2.45) is 5.73 Å². The summed E-state index contributed by atoms with van der Waals surface area (Å²) in [5, 5.41) is 0. The molecule has 2 rings (SSSR count). The number of rotatable bonds is 4. The molecule has 0 radical (unpaired) electrons. The van der Waals surface area contributed by atoms with Gasteiger partial charge in [0.25, 0.3) is 10.0 Å². The minimum absolute atomic E-state index is 0.179. The van der Waals surface area contributed by atoms with Crippen molar-refractivity contribution in [1.29, 1.82) is 0 Å². The number of benzene rings is 1. The van der Waals surface area contributed by atoms with Crippen LogP contribution in [0.15, 0.2) is 41.3 Å². The smallest absolute Gasteiger partial charge is 0.263 e. The van der Waals surface area contributed by atoms with Crippen LogP contribution in [-0.4, -0.2) is 13.4 Å². The molecule has 0 aliphatic carbocycles. The van der Waals surface area contributed by atoms with E-state index in [1.165, 1.54) is 6.07 Å². The highest BCUT2D eigenvalue weighted by Crippen LogP contribution is 2.19. The lowest BCUT2D eigenvalue weighted by Gasteiger charge is -2.11. The van der Waals surface area contributed by atoms with Gasteiger partial charge in [0.15, 0.2) is 0 Å². The molecule has 112 valence electrons. The number of aromatic nitrogens is 1. The molecule has 0 saturated heterocycles. The fraction of sp³-hybridized carbons (Fsp3) is 0.267. The van der Waals surface area contributed by atoms with E-state index in [1.807, 2.05) is 26.8 Å². The van der Waals surface area contributed by atoms with E-state index in [-0.39, 0.29) is 10.9 Å². The van der Waals surface area contributed by atoms with Gasteiger partial charge >= 0.3 is 0 Å². The molecule has 6 heteroatoms. The number of aryl methyl sites for hydroxylation is 2. The second-order valence-corrected chi connectivity index (χ2v) is 6.82. The monoisotopic (exact) mass is 305 g/mol. The van der Waals surface area contributed by atoms with Gasteiger partial charge in [-0.25, -0.2) is 13.4 Å². The van der Waals surface area contributed by atoms with Gasteiger partial charge in [-0.05, 0) is 56.2 Å². The summed E-state index contributed by atoms with van der Waals surface area (Å²) in [6, 6.07) is 9.96. The van der Waals surface area contributed by atoms with Crippen LogP contribution in [0.4, 0.5) is 5.82 Å². The number of sulfonamides is 1. The Kier molecular flexibility index (Phi) is 4.29. The molecule has 1 heterocycles. The summed E-state index contributed by atoms with van der Waals surface area (Å²) in [7, 11) is -3.67. The van der Waals surface area contributed by atoms with Gasteiger partial charge in [-0.2, -0.15) is 0 Å². The van der Waals surface area contributed by atoms with Crippen molar-refractivity contribution < 1.29 is 8.42 Å². The van der Waals surface area contributed by atoms with Crippen LogP contribution < -0.4 is 10.5 Å². The summed E-state index contributed by atoms with van der Waals surface area (Å²) in [5.41, 5.74) is 8.27. The molecule has 3 N–H and O–H groups in total. The van der Waals surface area contributed by atoms with Crippen LogP contribution in [0.1, 0.15) is 29.8 Å². The van der Waals surface area contributed by atoms with Gasteiger partial charge in [0.2, 0.25) is 0 Å². The molecule has 0 saturated carbocycles. The second-order valence-electron chi connectivity index (χ2n) is 5.14. The van der Waals surface area contributed by atoms with E-state index in [2.05, 4.69) is 9.71 Å². The highest BCUT2D eigenvalue weighted by molar-refractivity contribution is 7.92. The van der Waals surface area contributed by atoms with Crippen molar-refractivity contribution >= 4 is 15.8 Å². The molecule has 1 aromatic carbocycles. The Bertz CT molecular complexity index is 735. The number of hydrogen-bond donors (Lipinski definition) is 2. The molecule has 21 heavy (non-hydrogen) atoms. The highest BCUT2D eigenvalue weighted by Gasteiger charge is 2.16. The Hall–Kier alpha value is -1.92. The average Bonchev–Trinajstić information content (AvgIpc) is 2.37. The minimum Gasteiger partial charge on any atom is -0.324 e. The molecule has 1 aromatic heterocycles. The van der Waals surface area contributed by atoms with Crippen molar-refractivity contribution in [1.82, 2.24) is 4.98 Å². The van der Waals surface area contributed by atoms with Crippen LogP contribution in [0.5, 0.6) is 0 Å². The first-order chi connectivity index (χ1) is 9.78. The Balaban J connectivity index is 2.36. The summed E-state index contributed by atoms with van der Waals surface area (Å²) >= 11 is 0. The SMILES string of the molecule is Cc1cc(C)nc(NS(=O)(=O)c2cccc(C(C)N)c2)c1. The topological polar surface area (TPSA) is 85.1 Å². The van der Waals surface area contributed by atoms with E-state index >= 15 is 0 Å². The third-order valence-corrected chi connectivity index (χ3v) is 4.38. The lowest BCUT2D eigenvalue weighted by Crippen LogP contribution is -2.15. The zero-order valence-corrected chi connectivity index (χ0v) is 13.1. The lowest BCUT2D eigenvalue weighted by molar-refractivity contribution is 0.600. The molecule has 0 aliphatic rings. The number of nitrogens with one attached hydrogen (secondary N) is 1. The van der Waals surface area contributed by atoms with Crippen molar-refractivity contribution in [3.05, 3.63) is 53.2 Å². The van der Waals surface area contributed by atoms with E-state index < -0.39 is 10.0 Å². The molecule has 0 bridgehead atoms. The number of anilines is 1. The normalized spacial score (nSPS) is 13.0. The summed E-state index contributed by atoms with van der Waals surface area (Å²) in [4.78, 5) is 4.37. The third-order valence-electron chi connectivity index (χ3n) is 3.03. The van der Waals surface area contributed by atoms with Gasteiger partial charge in [0.05, 0.1) is 4.90 Å². The van der Waals surface area contributed by atoms with Gasteiger partial charge in [0.1, 0.15) is 5.82 Å². The number of nitrogens with two attached hydrogens (primary N) is 1. The summed E-state index contributed by atoms with van der Waals surface area (Å²) in [6.07, 6.45) is 0. The maximum atomic E-state index is 12.4. The Morgan fingerprint density at radius 1 is 1.19 bits per heavy atom. The van der Waals surface area contributed by atoms with E-state index in [4.69, 9.17) is 5.73 Å². The molecule has 0 aliphatic heterocycles. The molecular weight excluding hydrogens is 286 g/mol. The molecule has 2 aromatic rings. The van der Waals surface area contributed by atoms with Gasteiger partial charge in [-0.15, -0.1) is 0 Å². The Morgan fingerprint density at radius 3 is 2.52 bits per heavy atom. The maximum absolute atomic E-state index is 12.4. The predicted molar refractivity (Wildman–Crippen MR) is 83.6 cm³/mol. The van der Waals surface area contributed by atoms with Crippen molar-refractivity contribution in [2.45, 2.75) is 31.7 Å². The molecule has 0 fully saturated rings. The summed E-state index contributed by atoms with van der Waals surface area (Å²) in [6.45, 7) is 5.52. The third kappa shape index (κ3) is 3.80. The minimum atomic E-state index is -3.67. The first kappa shape index (κ1) is 15.5. The van der Waals surface area contributed by atoms with Crippen molar-refractivity contribution in [3.63, 3.8) is 0 Å². The Morgan fingerprint density at radius 2 is 1.90 bits per heavy atom. The zero-order chi connectivity index (χ0) is 15.6. The van der Waals surface area contributed by atoms with Crippen molar-refractivity contribution in [3.8, 4) is 0 Å². The number of nitrogens with zero attached hydrogens (tertiary/aromatic N) is 1. The van der Waals surface area contributed by atoms with Crippen LogP contribution in [-0.2, 0) is 10.0 Å². The molecule has 1 unspecified atom stereocenters. The fourth-order valence-electron chi connectivity index (χ4n) is 2.06. The fourth-order valence-corrected chi connectivity index (χ4v) is 3.10. The quantitative estimate of drug-likeness (QED) is 0.909. The van der Waals surface area contributed by atoms with Crippen LogP contribution in [0, 0.1) is 13.8 Å². The van der Waals surface area contributed by atoms with Crippen LogP contribution in [0.25, 0.3) is 0 Å². The second kappa shape index (κ2) is 5.83. The number of hydrogen-bond acceptors (Lipinski definition) is 4. The lowest BCUT2D eigenvalue weighted by atomic mass is 10.1. The van der Waals surface area contributed by atoms with E-state index in [9.17, 15) is 8.42 Å². The van der Waals surface area contributed by atoms with Crippen LogP contribution in [0.3, 0.4) is 0 Å². The standard InChI is InChI=1S/C15H19N3O2S/c1-10-7-11(2)17-15(8-10)18-21(19,20)14-6-4-5-13(9-14)12(3)16/h4-9,12H,16H2,1-3H3,(H,17,18).